The lowest BCUT2D eigenvalue weighted by Gasteiger charge is -2.07. The molecule has 1 heterocycles. The van der Waals surface area contributed by atoms with E-state index in [1.807, 2.05) is 7.05 Å². The Bertz CT molecular complexity index is 272. The van der Waals surface area contributed by atoms with E-state index in [1.54, 1.807) is 12.4 Å². The van der Waals surface area contributed by atoms with E-state index in [0.29, 0.717) is 18.4 Å². The second kappa shape index (κ2) is 6.35. The molecule has 1 aromatic rings. The van der Waals surface area contributed by atoms with Crippen molar-refractivity contribution in [2.45, 2.75) is 26.8 Å². The van der Waals surface area contributed by atoms with Crippen LogP contribution in [-0.2, 0) is 6.54 Å². The zero-order valence-corrected chi connectivity index (χ0v) is 9.66. The van der Waals surface area contributed by atoms with Gasteiger partial charge in [-0.05, 0) is 19.4 Å². The number of nitrogens with one attached hydrogen (secondary N) is 1. The van der Waals surface area contributed by atoms with E-state index >= 15 is 0 Å². The van der Waals surface area contributed by atoms with Crippen molar-refractivity contribution in [1.82, 2.24) is 15.3 Å². The number of ether oxygens (including phenoxy) is 1. The quantitative estimate of drug-likeness (QED) is 0.773. The summed E-state index contributed by atoms with van der Waals surface area (Å²) in [5, 5.41) is 3.02. The largest absolute Gasteiger partial charge is 0.477 e. The molecule has 4 nitrogen and oxygen atoms in total. The van der Waals surface area contributed by atoms with Gasteiger partial charge in [0.15, 0.2) is 0 Å². The van der Waals surface area contributed by atoms with Gasteiger partial charge in [0, 0.05) is 6.54 Å². The van der Waals surface area contributed by atoms with Crippen molar-refractivity contribution in [3.63, 3.8) is 0 Å². The smallest absolute Gasteiger partial charge is 0.232 e. The van der Waals surface area contributed by atoms with E-state index in [2.05, 4.69) is 29.1 Å². The molecule has 1 N–H and O–H groups in total. The van der Waals surface area contributed by atoms with Crippen molar-refractivity contribution < 1.29 is 4.74 Å². The van der Waals surface area contributed by atoms with Crippen molar-refractivity contribution in [1.29, 1.82) is 0 Å². The summed E-state index contributed by atoms with van der Waals surface area (Å²) in [7, 11) is 1.88. The number of aromatic nitrogens is 2. The van der Waals surface area contributed by atoms with Gasteiger partial charge in [0.05, 0.1) is 24.7 Å². The lowest BCUT2D eigenvalue weighted by Crippen LogP contribution is -2.08. The summed E-state index contributed by atoms with van der Waals surface area (Å²) in [6.45, 7) is 5.78. The van der Waals surface area contributed by atoms with Crippen LogP contribution in [0.2, 0.25) is 0 Å². The highest BCUT2D eigenvalue weighted by Gasteiger charge is 1.99. The molecule has 0 aliphatic carbocycles. The van der Waals surface area contributed by atoms with Crippen LogP contribution in [0.25, 0.3) is 0 Å². The zero-order valence-electron chi connectivity index (χ0n) is 9.66. The minimum Gasteiger partial charge on any atom is -0.477 e. The third kappa shape index (κ3) is 4.74. The average molecular weight is 209 g/mol. The van der Waals surface area contributed by atoms with Crippen LogP contribution in [-0.4, -0.2) is 23.6 Å². The van der Waals surface area contributed by atoms with Crippen molar-refractivity contribution in [2.75, 3.05) is 13.7 Å². The molecular weight excluding hydrogens is 190 g/mol. The van der Waals surface area contributed by atoms with Gasteiger partial charge in [0.25, 0.3) is 0 Å². The maximum absolute atomic E-state index is 5.46. The first-order chi connectivity index (χ1) is 7.22. The molecule has 1 aromatic heterocycles. The Morgan fingerprint density at radius 2 is 2.13 bits per heavy atom. The Balaban J connectivity index is 2.36. The standard InChI is InChI=1S/C11H19N3O/c1-9(2)4-5-15-11-8-13-10(6-12-3)7-14-11/h7-9,12H,4-6H2,1-3H3. The van der Waals surface area contributed by atoms with Gasteiger partial charge in [-0.2, -0.15) is 0 Å². The highest BCUT2D eigenvalue weighted by atomic mass is 16.5. The highest BCUT2D eigenvalue weighted by Crippen LogP contribution is 2.06. The van der Waals surface area contributed by atoms with Gasteiger partial charge in [-0.1, -0.05) is 13.8 Å². The Morgan fingerprint density at radius 3 is 2.67 bits per heavy atom. The Kier molecular flexibility index (Phi) is 5.04. The van der Waals surface area contributed by atoms with Crippen LogP contribution in [0, 0.1) is 5.92 Å². The molecule has 0 bridgehead atoms. The molecule has 0 atom stereocenters. The van der Waals surface area contributed by atoms with Crippen LogP contribution >= 0.6 is 0 Å². The fourth-order valence-corrected chi connectivity index (χ4v) is 1.09. The lowest BCUT2D eigenvalue weighted by atomic mass is 10.1. The van der Waals surface area contributed by atoms with Crippen molar-refractivity contribution in [3.05, 3.63) is 18.1 Å². The predicted octanol–water partition coefficient (Wildman–Crippen LogP) is 1.62. The van der Waals surface area contributed by atoms with Crippen LogP contribution in [0.4, 0.5) is 0 Å². The number of rotatable bonds is 6. The molecule has 0 radical (unpaired) electrons. The van der Waals surface area contributed by atoms with E-state index in [-0.39, 0.29) is 0 Å². The highest BCUT2D eigenvalue weighted by molar-refractivity contribution is 5.06. The van der Waals surface area contributed by atoms with Crippen molar-refractivity contribution in [3.8, 4) is 5.88 Å². The maximum Gasteiger partial charge on any atom is 0.232 e. The van der Waals surface area contributed by atoms with Crippen LogP contribution in [0.1, 0.15) is 26.0 Å². The number of nitrogens with zero attached hydrogens (tertiary/aromatic N) is 2. The van der Waals surface area contributed by atoms with E-state index in [4.69, 9.17) is 4.74 Å². The molecular formula is C11H19N3O. The molecule has 15 heavy (non-hydrogen) atoms. The molecule has 0 saturated carbocycles. The monoisotopic (exact) mass is 209 g/mol. The summed E-state index contributed by atoms with van der Waals surface area (Å²) in [4.78, 5) is 8.39. The average Bonchev–Trinajstić information content (AvgIpc) is 2.20. The molecule has 1 rings (SSSR count). The molecule has 0 aliphatic heterocycles. The normalized spacial score (nSPS) is 10.7. The molecule has 0 amide bonds. The van der Waals surface area contributed by atoms with Gasteiger partial charge in [0.1, 0.15) is 0 Å². The van der Waals surface area contributed by atoms with E-state index in [1.165, 1.54) is 0 Å². The first-order valence-electron chi connectivity index (χ1n) is 5.30. The van der Waals surface area contributed by atoms with Gasteiger partial charge in [-0.3, -0.25) is 4.98 Å². The maximum atomic E-state index is 5.46. The van der Waals surface area contributed by atoms with Crippen LogP contribution < -0.4 is 10.1 Å². The number of hydrogen-bond acceptors (Lipinski definition) is 4. The fraction of sp³-hybridized carbons (Fsp3) is 0.636. The van der Waals surface area contributed by atoms with Crippen LogP contribution in [0.15, 0.2) is 12.4 Å². The Labute approximate surface area is 91.1 Å². The third-order valence-electron chi connectivity index (χ3n) is 1.98. The van der Waals surface area contributed by atoms with Crippen molar-refractivity contribution >= 4 is 0 Å². The third-order valence-corrected chi connectivity index (χ3v) is 1.98. The molecule has 0 spiro atoms. The second-order valence-corrected chi connectivity index (χ2v) is 3.91. The fourth-order valence-electron chi connectivity index (χ4n) is 1.09. The predicted molar refractivity (Wildman–Crippen MR) is 59.7 cm³/mol. The summed E-state index contributed by atoms with van der Waals surface area (Å²) in [6.07, 6.45) is 4.45. The lowest BCUT2D eigenvalue weighted by molar-refractivity contribution is 0.278. The minimum atomic E-state index is 0.607. The van der Waals surface area contributed by atoms with Crippen molar-refractivity contribution in [2.24, 2.45) is 5.92 Å². The summed E-state index contributed by atoms with van der Waals surface area (Å²) >= 11 is 0. The van der Waals surface area contributed by atoms with Gasteiger partial charge in [-0.25, -0.2) is 4.98 Å². The van der Waals surface area contributed by atoms with Gasteiger partial charge >= 0.3 is 0 Å². The molecule has 0 fully saturated rings. The Morgan fingerprint density at radius 1 is 1.33 bits per heavy atom. The summed E-state index contributed by atoms with van der Waals surface area (Å²) in [5.74, 6) is 1.26. The van der Waals surface area contributed by atoms with E-state index in [0.717, 1.165) is 18.7 Å². The second-order valence-electron chi connectivity index (χ2n) is 3.91. The first kappa shape index (κ1) is 11.9. The van der Waals surface area contributed by atoms with E-state index < -0.39 is 0 Å². The van der Waals surface area contributed by atoms with Gasteiger partial charge in [0.2, 0.25) is 5.88 Å². The summed E-state index contributed by atoms with van der Waals surface area (Å²) in [6, 6.07) is 0. The first-order valence-corrected chi connectivity index (χ1v) is 5.30. The zero-order chi connectivity index (χ0) is 11.1. The topological polar surface area (TPSA) is 47.0 Å². The Hall–Kier alpha value is -1.16. The summed E-state index contributed by atoms with van der Waals surface area (Å²) < 4.78 is 5.46. The minimum absolute atomic E-state index is 0.607. The van der Waals surface area contributed by atoms with Gasteiger partial charge < -0.3 is 10.1 Å². The summed E-state index contributed by atoms with van der Waals surface area (Å²) in [5.41, 5.74) is 0.925. The number of hydrogen-bond donors (Lipinski definition) is 1. The van der Waals surface area contributed by atoms with Gasteiger partial charge in [-0.15, -0.1) is 0 Å². The molecule has 84 valence electrons. The van der Waals surface area contributed by atoms with Crippen LogP contribution in [0.3, 0.4) is 0 Å². The molecule has 0 unspecified atom stereocenters. The molecule has 0 aliphatic rings. The SMILES string of the molecule is CNCc1cnc(OCCC(C)C)cn1. The molecule has 0 saturated heterocycles. The molecule has 0 aromatic carbocycles. The van der Waals surface area contributed by atoms with E-state index in [9.17, 15) is 0 Å². The van der Waals surface area contributed by atoms with Crippen LogP contribution in [0.5, 0.6) is 5.88 Å². The molecule has 4 heteroatoms.